The first-order valence-corrected chi connectivity index (χ1v) is 5.58. The van der Waals surface area contributed by atoms with Crippen LogP contribution in [-0.2, 0) is 0 Å². The monoisotopic (exact) mass is 219 g/mol. The predicted octanol–water partition coefficient (Wildman–Crippen LogP) is 1.24. The van der Waals surface area contributed by atoms with Gasteiger partial charge in [-0.2, -0.15) is 0 Å². The lowest BCUT2D eigenvalue weighted by Crippen LogP contribution is -2.40. The second kappa shape index (κ2) is 4.22. The third-order valence-corrected chi connectivity index (χ3v) is 3.35. The molecule has 0 aromatic carbocycles. The zero-order valence-electron chi connectivity index (χ0n) is 9.49. The predicted molar refractivity (Wildman–Crippen MR) is 63.2 cm³/mol. The Labute approximate surface area is 95.3 Å². The third kappa shape index (κ3) is 1.93. The maximum atomic E-state index is 12.4. The van der Waals surface area contributed by atoms with Gasteiger partial charge >= 0.3 is 0 Å². The van der Waals surface area contributed by atoms with Crippen LogP contribution < -0.4 is 11.1 Å². The SMILES string of the molecule is CC1(C(=O)c2cnccc2N)CCNCC1. The fraction of sp³-hybridized carbons (Fsp3) is 0.500. The van der Waals surface area contributed by atoms with Gasteiger partial charge in [0, 0.05) is 23.5 Å². The van der Waals surface area contributed by atoms with E-state index in [2.05, 4.69) is 10.3 Å². The Kier molecular flexibility index (Phi) is 2.92. The molecule has 0 amide bonds. The van der Waals surface area contributed by atoms with Crippen molar-refractivity contribution in [3.8, 4) is 0 Å². The highest BCUT2D eigenvalue weighted by Gasteiger charge is 2.35. The average Bonchev–Trinajstić information content (AvgIpc) is 2.30. The first-order chi connectivity index (χ1) is 7.63. The van der Waals surface area contributed by atoms with Crippen LogP contribution in [0.4, 0.5) is 5.69 Å². The minimum atomic E-state index is -0.289. The Morgan fingerprint density at radius 1 is 1.50 bits per heavy atom. The highest BCUT2D eigenvalue weighted by molar-refractivity contribution is 6.04. The van der Waals surface area contributed by atoms with Crippen molar-refractivity contribution in [1.82, 2.24) is 10.3 Å². The summed E-state index contributed by atoms with van der Waals surface area (Å²) in [5, 5.41) is 3.26. The van der Waals surface area contributed by atoms with Gasteiger partial charge in [-0.25, -0.2) is 0 Å². The van der Waals surface area contributed by atoms with Gasteiger partial charge in [0.05, 0.1) is 5.56 Å². The first-order valence-electron chi connectivity index (χ1n) is 5.58. The number of nitrogens with one attached hydrogen (secondary N) is 1. The normalized spacial score (nSPS) is 19.3. The zero-order chi connectivity index (χ0) is 11.6. The summed E-state index contributed by atoms with van der Waals surface area (Å²) in [4.78, 5) is 16.4. The summed E-state index contributed by atoms with van der Waals surface area (Å²) in [6, 6.07) is 1.68. The van der Waals surface area contributed by atoms with Crippen LogP contribution in [0.5, 0.6) is 0 Å². The lowest BCUT2D eigenvalue weighted by atomic mass is 9.75. The van der Waals surface area contributed by atoms with Gasteiger partial charge in [0.15, 0.2) is 5.78 Å². The molecule has 1 aliphatic heterocycles. The summed E-state index contributed by atoms with van der Waals surface area (Å²) in [6.45, 7) is 3.80. The number of ketones is 1. The van der Waals surface area contributed by atoms with E-state index in [1.807, 2.05) is 6.92 Å². The maximum absolute atomic E-state index is 12.4. The molecular weight excluding hydrogens is 202 g/mol. The van der Waals surface area contributed by atoms with E-state index in [0.717, 1.165) is 25.9 Å². The van der Waals surface area contributed by atoms with Crippen molar-refractivity contribution < 1.29 is 4.79 Å². The van der Waals surface area contributed by atoms with Crippen LogP contribution in [-0.4, -0.2) is 23.9 Å². The number of carbonyl (C=O) groups excluding carboxylic acids is 1. The highest BCUT2D eigenvalue weighted by Crippen LogP contribution is 2.33. The van der Waals surface area contributed by atoms with Crippen molar-refractivity contribution in [3.63, 3.8) is 0 Å². The second-order valence-corrected chi connectivity index (χ2v) is 4.60. The van der Waals surface area contributed by atoms with E-state index in [1.165, 1.54) is 0 Å². The van der Waals surface area contributed by atoms with E-state index in [-0.39, 0.29) is 11.2 Å². The van der Waals surface area contributed by atoms with Crippen LogP contribution >= 0.6 is 0 Å². The van der Waals surface area contributed by atoms with Crippen molar-refractivity contribution in [3.05, 3.63) is 24.0 Å². The molecule has 1 fully saturated rings. The van der Waals surface area contributed by atoms with Gasteiger partial charge in [-0.05, 0) is 32.0 Å². The molecule has 4 nitrogen and oxygen atoms in total. The molecule has 1 saturated heterocycles. The Hall–Kier alpha value is -1.42. The van der Waals surface area contributed by atoms with E-state index in [4.69, 9.17) is 5.73 Å². The zero-order valence-corrected chi connectivity index (χ0v) is 9.49. The number of nitrogen functional groups attached to an aromatic ring is 1. The molecule has 0 spiro atoms. The van der Waals surface area contributed by atoms with Gasteiger partial charge in [-0.15, -0.1) is 0 Å². The van der Waals surface area contributed by atoms with Gasteiger partial charge in [0.2, 0.25) is 0 Å². The van der Waals surface area contributed by atoms with E-state index >= 15 is 0 Å². The number of hydrogen-bond donors (Lipinski definition) is 2. The highest BCUT2D eigenvalue weighted by atomic mass is 16.1. The topological polar surface area (TPSA) is 68.0 Å². The number of anilines is 1. The number of piperidine rings is 1. The quantitative estimate of drug-likeness (QED) is 0.734. The first kappa shape index (κ1) is 11.1. The fourth-order valence-electron chi connectivity index (χ4n) is 2.13. The maximum Gasteiger partial charge on any atom is 0.172 e. The molecule has 3 N–H and O–H groups in total. The number of carbonyl (C=O) groups is 1. The molecule has 1 aromatic heterocycles. The molecule has 0 unspecified atom stereocenters. The Morgan fingerprint density at radius 2 is 2.19 bits per heavy atom. The Bertz CT molecular complexity index is 397. The van der Waals surface area contributed by atoms with E-state index in [0.29, 0.717) is 11.3 Å². The van der Waals surface area contributed by atoms with Crippen molar-refractivity contribution >= 4 is 11.5 Å². The van der Waals surface area contributed by atoms with Gasteiger partial charge in [-0.1, -0.05) is 6.92 Å². The standard InChI is InChI=1S/C12H17N3O/c1-12(3-6-14-7-4-12)11(16)9-8-15-5-2-10(9)13/h2,5,8,14H,3-4,6-7H2,1H3,(H2,13,15). The van der Waals surface area contributed by atoms with Crippen molar-refractivity contribution in [2.45, 2.75) is 19.8 Å². The van der Waals surface area contributed by atoms with E-state index in [1.54, 1.807) is 18.5 Å². The molecule has 86 valence electrons. The number of Topliss-reactive ketones (excluding diaryl/α,β-unsaturated/α-hetero) is 1. The average molecular weight is 219 g/mol. The number of hydrogen-bond acceptors (Lipinski definition) is 4. The second-order valence-electron chi connectivity index (χ2n) is 4.60. The third-order valence-electron chi connectivity index (χ3n) is 3.35. The lowest BCUT2D eigenvalue weighted by Gasteiger charge is -2.32. The van der Waals surface area contributed by atoms with Crippen LogP contribution in [0.25, 0.3) is 0 Å². The molecule has 0 bridgehead atoms. The van der Waals surface area contributed by atoms with Gasteiger partial charge in [0.25, 0.3) is 0 Å². The minimum absolute atomic E-state index is 0.125. The molecule has 2 heterocycles. The lowest BCUT2D eigenvalue weighted by molar-refractivity contribution is 0.0763. The van der Waals surface area contributed by atoms with E-state index in [9.17, 15) is 4.79 Å². The van der Waals surface area contributed by atoms with Gasteiger partial charge in [-0.3, -0.25) is 9.78 Å². The molecule has 2 rings (SSSR count). The van der Waals surface area contributed by atoms with Crippen molar-refractivity contribution in [1.29, 1.82) is 0 Å². The van der Waals surface area contributed by atoms with Crippen LogP contribution in [0.2, 0.25) is 0 Å². The molecule has 0 aliphatic carbocycles. The Balaban J connectivity index is 2.28. The largest absolute Gasteiger partial charge is 0.398 e. The summed E-state index contributed by atoms with van der Waals surface area (Å²) < 4.78 is 0. The smallest absolute Gasteiger partial charge is 0.172 e. The summed E-state index contributed by atoms with van der Waals surface area (Å²) in [7, 11) is 0. The minimum Gasteiger partial charge on any atom is -0.398 e. The molecule has 16 heavy (non-hydrogen) atoms. The van der Waals surface area contributed by atoms with Crippen LogP contribution in [0, 0.1) is 5.41 Å². The van der Waals surface area contributed by atoms with Gasteiger partial charge in [0.1, 0.15) is 0 Å². The molecule has 1 aliphatic rings. The Morgan fingerprint density at radius 3 is 2.81 bits per heavy atom. The summed E-state index contributed by atoms with van der Waals surface area (Å²) in [5.74, 6) is 0.125. The molecule has 1 aromatic rings. The van der Waals surface area contributed by atoms with E-state index < -0.39 is 0 Å². The van der Waals surface area contributed by atoms with Crippen LogP contribution in [0.15, 0.2) is 18.5 Å². The number of rotatable bonds is 2. The van der Waals surface area contributed by atoms with Crippen LogP contribution in [0.3, 0.4) is 0 Å². The summed E-state index contributed by atoms with van der Waals surface area (Å²) in [5.41, 5.74) is 6.61. The van der Waals surface area contributed by atoms with Crippen molar-refractivity contribution in [2.75, 3.05) is 18.8 Å². The number of pyridine rings is 1. The summed E-state index contributed by atoms with van der Waals surface area (Å²) in [6.07, 6.45) is 4.90. The number of aromatic nitrogens is 1. The molecule has 0 atom stereocenters. The molecule has 0 saturated carbocycles. The van der Waals surface area contributed by atoms with Crippen molar-refractivity contribution in [2.24, 2.45) is 5.41 Å². The molecular formula is C12H17N3O. The summed E-state index contributed by atoms with van der Waals surface area (Å²) >= 11 is 0. The number of nitrogens with two attached hydrogens (primary N) is 1. The molecule has 0 radical (unpaired) electrons. The van der Waals surface area contributed by atoms with Crippen LogP contribution in [0.1, 0.15) is 30.1 Å². The van der Waals surface area contributed by atoms with Gasteiger partial charge < -0.3 is 11.1 Å². The number of nitrogens with zero attached hydrogens (tertiary/aromatic N) is 1. The fourth-order valence-corrected chi connectivity index (χ4v) is 2.13. The molecule has 4 heteroatoms.